The van der Waals surface area contributed by atoms with Crippen LogP contribution in [-0.2, 0) is 4.79 Å². The highest BCUT2D eigenvalue weighted by molar-refractivity contribution is 5.74. The lowest BCUT2D eigenvalue weighted by atomic mass is 10.2. The van der Waals surface area contributed by atoms with Crippen molar-refractivity contribution in [3.05, 3.63) is 29.8 Å². The molecule has 0 saturated carbocycles. The number of likely N-dealkylation sites (tertiary alicyclic amines) is 1. The van der Waals surface area contributed by atoms with E-state index < -0.39 is 0 Å². The molecule has 1 amide bonds. The summed E-state index contributed by atoms with van der Waals surface area (Å²) in [5.41, 5.74) is 2.58. The number of nitrogens with zero attached hydrogens (tertiary/aromatic N) is 4. The van der Waals surface area contributed by atoms with Gasteiger partial charge in [0.2, 0.25) is 5.91 Å². The van der Waals surface area contributed by atoms with E-state index in [1.54, 1.807) is 13.1 Å². The molecule has 0 bridgehead atoms. The number of amides is 1. The number of aryl methyl sites for hydroxylation is 1. The predicted octanol–water partition coefficient (Wildman–Crippen LogP) is 1.86. The molecule has 1 atom stereocenters. The molecule has 3 heterocycles. The highest BCUT2D eigenvalue weighted by atomic mass is 16.2. The summed E-state index contributed by atoms with van der Waals surface area (Å²) in [6.07, 6.45) is 3.62. The third-order valence-corrected chi connectivity index (χ3v) is 3.60. The molecule has 0 aliphatic carbocycles. The van der Waals surface area contributed by atoms with Crippen LogP contribution in [0.4, 0.5) is 0 Å². The molecule has 104 valence electrons. The number of aromatic nitrogens is 4. The fraction of sp³-hybridized carbons (Fsp3) is 0.429. The summed E-state index contributed by atoms with van der Waals surface area (Å²) in [5.74, 6) is 0.808. The number of hydrogen-bond acceptors (Lipinski definition) is 4. The smallest absolute Gasteiger partial charge is 0.220 e. The Balaban J connectivity index is 2.00. The van der Waals surface area contributed by atoms with Crippen molar-refractivity contribution >= 4 is 5.91 Å². The first-order valence-corrected chi connectivity index (χ1v) is 6.77. The molecule has 1 fully saturated rings. The number of rotatable bonds is 2. The van der Waals surface area contributed by atoms with Gasteiger partial charge in [0.05, 0.1) is 17.4 Å². The van der Waals surface area contributed by atoms with E-state index in [9.17, 15) is 4.79 Å². The van der Waals surface area contributed by atoms with Gasteiger partial charge in [0.1, 0.15) is 0 Å². The molecule has 0 radical (unpaired) electrons. The van der Waals surface area contributed by atoms with Crippen molar-refractivity contribution in [3.8, 4) is 11.4 Å². The van der Waals surface area contributed by atoms with Crippen LogP contribution in [0.25, 0.3) is 11.4 Å². The average Bonchev–Trinajstić information content (AvgIpc) is 3.09. The van der Waals surface area contributed by atoms with Crippen LogP contribution in [0.15, 0.2) is 18.3 Å². The highest BCUT2D eigenvalue weighted by Gasteiger charge is 2.30. The highest BCUT2D eigenvalue weighted by Crippen LogP contribution is 2.30. The Morgan fingerprint density at radius 3 is 3.00 bits per heavy atom. The lowest BCUT2D eigenvalue weighted by molar-refractivity contribution is -0.129. The molecular weight excluding hydrogens is 254 g/mol. The summed E-state index contributed by atoms with van der Waals surface area (Å²) in [7, 11) is 0. The Kier molecular flexibility index (Phi) is 3.22. The van der Waals surface area contributed by atoms with Crippen LogP contribution in [0.1, 0.15) is 37.3 Å². The van der Waals surface area contributed by atoms with Gasteiger partial charge in [-0.1, -0.05) is 0 Å². The van der Waals surface area contributed by atoms with E-state index in [-0.39, 0.29) is 11.9 Å². The van der Waals surface area contributed by atoms with Crippen molar-refractivity contribution in [2.24, 2.45) is 0 Å². The summed E-state index contributed by atoms with van der Waals surface area (Å²) >= 11 is 0. The molecule has 0 unspecified atom stereocenters. The minimum atomic E-state index is -0.00549. The van der Waals surface area contributed by atoms with Crippen LogP contribution in [0, 0.1) is 6.92 Å². The standard InChI is InChI=1S/C14H17N5O/c1-9-8-12(11-5-6-15-18-11)17-14(16-9)13-4-3-7-19(13)10(2)20/h5-6,8,13H,3-4,7H2,1-2H3,(H,15,18)/t13-/m1/s1. The van der Waals surface area contributed by atoms with Crippen LogP contribution >= 0.6 is 0 Å². The number of nitrogens with one attached hydrogen (secondary N) is 1. The van der Waals surface area contributed by atoms with E-state index in [1.165, 1.54) is 0 Å². The second kappa shape index (κ2) is 5.03. The van der Waals surface area contributed by atoms with Gasteiger partial charge in [0.15, 0.2) is 5.82 Å². The van der Waals surface area contributed by atoms with Crippen LogP contribution in [0.3, 0.4) is 0 Å². The SMILES string of the molecule is CC(=O)N1CCC[C@@H]1c1nc(C)cc(-c2ccn[nH]2)n1. The zero-order chi connectivity index (χ0) is 14.1. The molecule has 1 aliphatic rings. The quantitative estimate of drug-likeness (QED) is 0.904. The molecule has 1 aliphatic heterocycles. The second-order valence-corrected chi connectivity index (χ2v) is 5.09. The molecule has 1 saturated heterocycles. The van der Waals surface area contributed by atoms with E-state index in [1.807, 2.05) is 24.0 Å². The Labute approximate surface area is 117 Å². The first kappa shape index (κ1) is 12.8. The van der Waals surface area contributed by atoms with Crippen LogP contribution in [0.2, 0.25) is 0 Å². The molecule has 3 rings (SSSR count). The molecule has 6 nitrogen and oxygen atoms in total. The fourth-order valence-corrected chi connectivity index (χ4v) is 2.69. The second-order valence-electron chi connectivity index (χ2n) is 5.09. The fourth-order valence-electron chi connectivity index (χ4n) is 2.69. The number of aromatic amines is 1. The summed E-state index contributed by atoms with van der Waals surface area (Å²) in [6.45, 7) is 4.33. The Hall–Kier alpha value is -2.24. The minimum absolute atomic E-state index is 0.00549. The van der Waals surface area contributed by atoms with E-state index in [0.717, 1.165) is 42.3 Å². The van der Waals surface area contributed by atoms with Crippen LogP contribution in [0.5, 0.6) is 0 Å². The van der Waals surface area contributed by atoms with E-state index in [2.05, 4.69) is 20.2 Å². The largest absolute Gasteiger partial charge is 0.333 e. The summed E-state index contributed by atoms with van der Waals surface area (Å²) < 4.78 is 0. The monoisotopic (exact) mass is 271 g/mol. The van der Waals surface area contributed by atoms with E-state index in [4.69, 9.17) is 0 Å². The van der Waals surface area contributed by atoms with E-state index >= 15 is 0 Å². The van der Waals surface area contributed by atoms with Gasteiger partial charge < -0.3 is 4.90 Å². The average molecular weight is 271 g/mol. The Morgan fingerprint density at radius 1 is 1.45 bits per heavy atom. The number of hydrogen-bond donors (Lipinski definition) is 1. The summed E-state index contributed by atoms with van der Waals surface area (Å²) in [4.78, 5) is 22.7. The predicted molar refractivity (Wildman–Crippen MR) is 73.7 cm³/mol. The maximum atomic E-state index is 11.7. The Morgan fingerprint density at radius 2 is 2.30 bits per heavy atom. The lowest BCUT2D eigenvalue weighted by Crippen LogP contribution is -2.29. The van der Waals surface area contributed by atoms with Crippen molar-refractivity contribution in [1.82, 2.24) is 25.1 Å². The molecule has 2 aromatic rings. The van der Waals surface area contributed by atoms with Crippen LogP contribution in [-0.4, -0.2) is 37.5 Å². The van der Waals surface area contributed by atoms with Gasteiger partial charge in [-0.3, -0.25) is 9.89 Å². The number of H-pyrrole nitrogens is 1. The van der Waals surface area contributed by atoms with Gasteiger partial charge in [0, 0.05) is 25.4 Å². The molecule has 1 N–H and O–H groups in total. The molecule has 20 heavy (non-hydrogen) atoms. The number of carbonyl (C=O) groups is 1. The summed E-state index contributed by atoms with van der Waals surface area (Å²) in [6, 6.07) is 3.79. The lowest BCUT2D eigenvalue weighted by Gasteiger charge is -2.22. The minimum Gasteiger partial charge on any atom is -0.333 e. The van der Waals surface area contributed by atoms with Gasteiger partial charge >= 0.3 is 0 Å². The van der Waals surface area contributed by atoms with Gasteiger partial charge in [0.25, 0.3) is 0 Å². The third-order valence-electron chi connectivity index (χ3n) is 3.60. The molecule has 0 aromatic carbocycles. The molecule has 0 spiro atoms. The Bertz CT molecular complexity index is 622. The first-order valence-electron chi connectivity index (χ1n) is 6.77. The first-order chi connectivity index (χ1) is 9.65. The van der Waals surface area contributed by atoms with E-state index in [0.29, 0.717) is 0 Å². The van der Waals surface area contributed by atoms with Gasteiger partial charge in [-0.25, -0.2) is 9.97 Å². The van der Waals surface area contributed by atoms with Crippen LogP contribution < -0.4 is 0 Å². The molecular formula is C14H17N5O. The maximum Gasteiger partial charge on any atom is 0.220 e. The van der Waals surface area contributed by atoms with Crippen molar-refractivity contribution in [2.75, 3.05) is 6.54 Å². The van der Waals surface area contributed by atoms with Gasteiger partial charge in [-0.05, 0) is 31.9 Å². The maximum absolute atomic E-state index is 11.7. The molecule has 2 aromatic heterocycles. The van der Waals surface area contributed by atoms with Crippen molar-refractivity contribution in [1.29, 1.82) is 0 Å². The van der Waals surface area contributed by atoms with Crippen molar-refractivity contribution in [2.45, 2.75) is 32.7 Å². The molecule has 6 heteroatoms. The summed E-state index contributed by atoms with van der Waals surface area (Å²) in [5, 5.41) is 6.86. The zero-order valence-corrected chi connectivity index (χ0v) is 11.6. The van der Waals surface area contributed by atoms with Gasteiger partial charge in [-0.15, -0.1) is 0 Å². The zero-order valence-electron chi connectivity index (χ0n) is 11.6. The van der Waals surface area contributed by atoms with Crippen molar-refractivity contribution < 1.29 is 4.79 Å². The van der Waals surface area contributed by atoms with Gasteiger partial charge in [-0.2, -0.15) is 5.10 Å². The normalized spacial score (nSPS) is 18.5. The number of carbonyl (C=O) groups excluding carboxylic acids is 1. The van der Waals surface area contributed by atoms with Crippen molar-refractivity contribution in [3.63, 3.8) is 0 Å². The third kappa shape index (κ3) is 2.29. The topological polar surface area (TPSA) is 74.8 Å².